The predicted octanol–water partition coefficient (Wildman–Crippen LogP) is 4.20. The molecule has 0 atom stereocenters. The summed E-state index contributed by atoms with van der Waals surface area (Å²) in [4.78, 5) is 16.3. The number of anilines is 1. The van der Waals surface area contributed by atoms with Gasteiger partial charge in [0.15, 0.2) is 0 Å². The molecule has 3 aromatic rings. The molecule has 0 saturated carbocycles. The zero-order valence-corrected chi connectivity index (χ0v) is 13.2. The highest BCUT2D eigenvalue weighted by Gasteiger charge is 2.09. The van der Waals surface area contributed by atoms with Crippen molar-refractivity contribution < 1.29 is 14.3 Å². The molecule has 0 spiro atoms. The van der Waals surface area contributed by atoms with Crippen molar-refractivity contribution in [3.63, 3.8) is 0 Å². The molecule has 1 N–H and O–H groups in total. The van der Waals surface area contributed by atoms with Crippen LogP contribution in [-0.4, -0.2) is 18.0 Å². The molecule has 0 aliphatic carbocycles. The molecule has 1 heterocycles. The van der Waals surface area contributed by atoms with Gasteiger partial charge in [0.1, 0.15) is 11.5 Å². The summed E-state index contributed by atoms with van der Waals surface area (Å²) < 4.78 is 10.8. The number of carbonyl (C=O) groups excluding carboxylic acids is 1. The number of rotatable bonds is 5. The number of ether oxygens (including phenoxy) is 2. The number of aromatic nitrogens is 1. The van der Waals surface area contributed by atoms with Crippen LogP contribution in [0.1, 0.15) is 10.4 Å². The number of benzene rings is 2. The molecule has 23 heavy (non-hydrogen) atoms. The van der Waals surface area contributed by atoms with E-state index in [1.807, 2.05) is 17.5 Å². The Bertz CT molecular complexity index is 786. The molecule has 6 heteroatoms. The van der Waals surface area contributed by atoms with E-state index in [0.717, 1.165) is 0 Å². The Labute approximate surface area is 137 Å². The minimum Gasteiger partial charge on any atom is -0.495 e. The highest BCUT2D eigenvalue weighted by atomic mass is 32.1. The van der Waals surface area contributed by atoms with E-state index < -0.39 is 0 Å². The summed E-state index contributed by atoms with van der Waals surface area (Å²) in [5.74, 6) is 1.04. The molecule has 2 aromatic carbocycles. The van der Waals surface area contributed by atoms with Crippen molar-refractivity contribution in [3.8, 4) is 16.7 Å². The Morgan fingerprint density at radius 3 is 2.61 bits per heavy atom. The highest BCUT2D eigenvalue weighted by Crippen LogP contribution is 2.25. The quantitative estimate of drug-likeness (QED) is 0.763. The van der Waals surface area contributed by atoms with Crippen LogP contribution in [0.5, 0.6) is 16.7 Å². The van der Waals surface area contributed by atoms with E-state index >= 15 is 0 Å². The van der Waals surface area contributed by atoms with E-state index in [0.29, 0.717) is 27.9 Å². The molecule has 3 rings (SSSR count). The second kappa shape index (κ2) is 6.93. The lowest BCUT2D eigenvalue weighted by atomic mass is 10.2. The van der Waals surface area contributed by atoms with Gasteiger partial charge in [-0.15, -0.1) is 0 Å². The molecule has 0 fully saturated rings. The third kappa shape index (κ3) is 3.67. The van der Waals surface area contributed by atoms with Crippen molar-refractivity contribution in [2.24, 2.45) is 0 Å². The van der Waals surface area contributed by atoms with Gasteiger partial charge >= 0.3 is 0 Å². The number of hydrogen-bond donors (Lipinski definition) is 1. The van der Waals surface area contributed by atoms with Gasteiger partial charge in [-0.05, 0) is 36.4 Å². The van der Waals surface area contributed by atoms with Crippen LogP contribution in [0.2, 0.25) is 0 Å². The molecule has 0 bridgehead atoms. The number of para-hydroxylation sites is 2. The second-order valence-electron chi connectivity index (χ2n) is 4.58. The van der Waals surface area contributed by atoms with Crippen LogP contribution >= 0.6 is 11.3 Å². The standard InChI is InChI=1S/C17H14N2O3S/c1-21-15-5-3-2-4-14(15)19-16(20)12-6-8-13(9-7-12)22-17-18-10-11-23-17/h2-11H,1H3,(H,19,20). The monoisotopic (exact) mass is 326 g/mol. The molecule has 1 amide bonds. The van der Waals surface area contributed by atoms with Gasteiger partial charge in [0.25, 0.3) is 11.1 Å². The van der Waals surface area contributed by atoms with E-state index in [1.165, 1.54) is 11.3 Å². The Hall–Kier alpha value is -2.86. The maximum Gasteiger partial charge on any atom is 0.278 e. The van der Waals surface area contributed by atoms with Gasteiger partial charge in [-0.25, -0.2) is 4.98 Å². The maximum absolute atomic E-state index is 12.3. The number of amides is 1. The van der Waals surface area contributed by atoms with E-state index in [2.05, 4.69) is 10.3 Å². The van der Waals surface area contributed by atoms with Crippen molar-refractivity contribution in [2.75, 3.05) is 12.4 Å². The van der Waals surface area contributed by atoms with Crippen LogP contribution in [0.15, 0.2) is 60.1 Å². The highest BCUT2D eigenvalue weighted by molar-refractivity contribution is 7.11. The summed E-state index contributed by atoms with van der Waals surface area (Å²) in [5, 5.41) is 5.23. The summed E-state index contributed by atoms with van der Waals surface area (Å²) in [5.41, 5.74) is 1.16. The van der Waals surface area contributed by atoms with Crippen LogP contribution in [-0.2, 0) is 0 Å². The molecule has 116 valence electrons. The average molecular weight is 326 g/mol. The average Bonchev–Trinajstić information content (AvgIpc) is 3.09. The third-order valence-corrected chi connectivity index (χ3v) is 3.73. The number of thiazole rings is 1. The fourth-order valence-electron chi connectivity index (χ4n) is 1.98. The fourth-order valence-corrected chi connectivity index (χ4v) is 2.48. The summed E-state index contributed by atoms with van der Waals surface area (Å²) in [6.07, 6.45) is 1.68. The lowest BCUT2D eigenvalue weighted by molar-refractivity contribution is 0.102. The van der Waals surface area contributed by atoms with Gasteiger partial charge in [0, 0.05) is 17.1 Å². The van der Waals surface area contributed by atoms with E-state index in [4.69, 9.17) is 9.47 Å². The zero-order valence-electron chi connectivity index (χ0n) is 12.4. The first-order valence-electron chi connectivity index (χ1n) is 6.88. The first-order valence-corrected chi connectivity index (χ1v) is 7.76. The molecular weight excluding hydrogens is 312 g/mol. The predicted molar refractivity (Wildman–Crippen MR) is 89.6 cm³/mol. The van der Waals surface area contributed by atoms with Gasteiger partial charge in [-0.2, -0.15) is 0 Å². The number of carbonyl (C=O) groups is 1. The number of hydrogen-bond acceptors (Lipinski definition) is 5. The van der Waals surface area contributed by atoms with Crippen molar-refractivity contribution in [2.45, 2.75) is 0 Å². The minimum absolute atomic E-state index is 0.213. The van der Waals surface area contributed by atoms with Crippen LogP contribution < -0.4 is 14.8 Å². The van der Waals surface area contributed by atoms with E-state index in [-0.39, 0.29) is 5.91 Å². The van der Waals surface area contributed by atoms with Crippen molar-refractivity contribution >= 4 is 22.9 Å². The summed E-state index contributed by atoms with van der Waals surface area (Å²) in [7, 11) is 1.57. The molecule has 1 aromatic heterocycles. The molecular formula is C17H14N2O3S. The van der Waals surface area contributed by atoms with E-state index in [9.17, 15) is 4.79 Å². The smallest absolute Gasteiger partial charge is 0.278 e. The van der Waals surface area contributed by atoms with Gasteiger partial charge in [0.05, 0.1) is 12.8 Å². The SMILES string of the molecule is COc1ccccc1NC(=O)c1ccc(Oc2nccs2)cc1. The molecule has 0 unspecified atom stereocenters. The van der Waals surface area contributed by atoms with Gasteiger partial charge in [-0.1, -0.05) is 23.5 Å². The molecule has 0 saturated heterocycles. The van der Waals surface area contributed by atoms with Gasteiger partial charge in [0.2, 0.25) is 0 Å². The van der Waals surface area contributed by atoms with Gasteiger partial charge in [-0.3, -0.25) is 4.79 Å². The van der Waals surface area contributed by atoms with Crippen LogP contribution in [0, 0.1) is 0 Å². The number of nitrogens with zero attached hydrogens (tertiary/aromatic N) is 1. The Balaban J connectivity index is 1.70. The maximum atomic E-state index is 12.3. The molecule has 0 radical (unpaired) electrons. The summed E-state index contributed by atoms with van der Waals surface area (Å²) in [6.45, 7) is 0. The van der Waals surface area contributed by atoms with Crippen molar-refractivity contribution in [3.05, 3.63) is 65.7 Å². The molecule has 0 aliphatic heterocycles. The summed E-state index contributed by atoms with van der Waals surface area (Å²) in [6, 6.07) is 14.1. The van der Waals surface area contributed by atoms with Gasteiger partial charge < -0.3 is 14.8 Å². The Kier molecular flexibility index (Phi) is 4.54. The fraction of sp³-hybridized carbons (Fsp3) is 0.0588. The first kappa shape index (κ1) is 15.1. The van der Waals surface area contributed by atoms with Crippen LogP contribution in [0.3, 0.4) is 0 Å². The zero-order chi connectivity index (χ0) is 16.1. The van der Waals surface area contributed by atoms with Crippen LogP contribution in [0.4, 0.5) is 5.69 Å². The van der Waals surface area contributed by atoms with Crippen molar-refractivity contribution in [1.29, 1.82) is 0 Å². The Morgan fingerprint density at radius 1 is 1.13 bits per heavy atom. The normalized spacial score (nSPS) is 10.1. The first-order chi connectivity index (χ1) is 11.3. The largest absolute Gasteiger partial charge is 0.495 e. The van der Waals surface area contributed by atoms with Crippen LogP contribution in [0.25, 0.3) is 0 Å². The minimum atomic E-state index is -0.213. The summed E-state index contributed by atoms with van der Waals surface area (Å²) >= 11 is 1.41. The molecule has 0 aliphatic rings. The molecule has 5 nitrogen and oxygen atoms in total. The number of nitrogens with one attached hydrogen (secondary N) is 1. The second-order valence-corrected chi connectivity index (χ2v) is 5.44. The van der Waals surface area contributed by atoms with E-state index in [1.54, 1.807) is 49.7 Å². The third-order valence-electron chi connectivity index (χ3n) is 3.09. The lowest BCUT2D eigenvalue weighted by Gasteiger charge is -2.10. The topological polar surface area (TPSA) is 60.5 Å². The van der Waals surface area contributed by atoms with Crippen molar-refractivity contribution in [1.82, 2.24) is 4.98 Å². The lowest BCUT2D eigenvalue weighted by Crippen LogP contribution is -2.12. The number of methoxy groups -OCH3 is 1. The Morgan fingerprint density at radius 2 is 1.91 bits per heavy atom.